The molecule has 0 aliphatic heterocycles. The number of nitrogens with zero attached hydrogens (tertiary/aromatic N) is 1. The van der Waals surface area contributed by atoms with E-state index in [1.165, 1.54) is 0 Å². The fourth-order valence-electron chi connectivity index (χ4n) is 2.26. The summed E-state index contributed by atoms with van der Waals surface area (Å²) in [6.07, 6.45) is 2.77. The molecule has 0 atom stereocenters. The van der Waals surface area contributed by atoms with Gasteiger partial charge in [0.2, 0.25) is 0 Å². The molecular weight excluding hydrogens is 198 g/mol. The lowest BCUT2D eigenvalue weighted by molar-refractivity contribution is 0.302. The number of nitrogens with one attached hydrogen (secondary N) is 1. The number of pyridine rings is 1. The smallest absolute Gasteiger partial charge is 0.146 e. The van der Waals surface area contributed by atoms with Crippen molar-refractivity contribution in [3.8, 4) is 0 Å². The van der Waals surface area contributed by atoms with Crippen LogP contribution in [-0.4, -0.2) is 10.5 Å². The molecule has 0 fully saturated rings. The minimum absolute atomic E-state index is 0.00933. The number of rotatable bonds is 3. The van der Waals surface area contributed by atoms with Gasteiger partial charge in [0, 0.05) is 11.7 Å². The Kier molecular flexibility index (Phi) is 3.46. The van der Waals surface area contributed by atoms with E-state index in [0.717, 1.165) is 12.1 Å². The first-order valence-electron chi connectivity index (χ1n) is 5.68. The molecule has 0 saturated carbocycles. The van der Waals surface area contributed by atoms with Crippen LogP contribution < -0.4 is 11.1 Å². The van der Waals surface area contributed by atoms with Crippen LogP contribution in [0.4, 0.5) is 11.5 Å². The minimum Gasteiger partial charge on any atom is -0.382 e. The standard InChI is InChI=1S/C13H23N3/c1-12(2,3)9-13(4,5)16-10-7-6-8-15-11(10)14/h6-8,16H,9H2,1-5H3,(H2,14,15). The molecule has 0 amide bonds. The summed E-state index contributed by atoms with van der Waals surface area (Å²) in [5.74, 6) is 0.560. The van der Waals surface area contributed by atoms with Gasteiger partial charge >= 0.3 is 0 Å². The van der Waals surface area contributed by atoms with E-state index in [2.05, 4.69) is 44.9 Å². The topological polar surface area (TPSA) is 50.9 Å². The highest BCUT2D eigenvalue weighted by atomic mass is 15.0. The van der Waals surface area contributed by atoms with E-state index in [-0.39, 0.29) is 11.0 Å². The minimum atomic E-state index is 0.00933. The molecule has 0 radical (unpaired) electrons. The molecule has 0 unspecified atom stereocenters. The van der Waals surface area contributed by atoms with Gasteiger partial charge in [0.1, 0.15) is 5.82 Å². The predicted octanol–water partition coefficient (Wildman–Crippen LogP) is 3.29. The van der Waals surface area contributed by atoms with Crippen LogP contribution in [0.25, 0.3) is 0 Å². The number of nitrogens with two attached hydrogens (primary N) is 1. The second kappa shape index (κ2) is 4.32. The van der Waals surface area contributed by atoms with Crippen molar-refractivity contribution < 1.29 is 0 Å². The van der Waals surface area contributed by atoms with Gasteiger partial charge in [0.15, 0.2) is 0 Å². The van der Waals surface area contributed by atoms with E-state index >= 15 is 0 Å². The Morgan fingerprint density at radius 3 is 2.38 bits per heavy atom. The Balaban J connectivity index is 2.77. The van der Waals surface area contributed by atoms with Gasteiger partial charge in [-0.1, -0.05) is 20.8 Å². The van der Waals surface area contributed by atoms with Gasteiger partial charge < -0.3 is 11.1 Å². The summed E-state index contributed by atoms with van der Waals surface area (Å²) in [5, 5.41) is 3.46. The van der Waals surface area contributed by atoms with Gasteiger partial charge in [-0.15, -0.1) is 0 Å². The SMILES string of the molecule is CC(C)(C)CC(C)(C)Nc1cccnc1N. The fourth-order valence-corrected chi connectivity index (χ4v) is 2.26. The molecule has 1 aromatic heterocycles. The monoisotopic (exact) mass is 221 g/mol. The van der Waals surface area contributed by atoms with Crippen LogP contribution in [0, 0.1) is 5.41 Å². The van der Waals surface area contributed by atoms with Crippen molar-refractivity contribution in [2.75, 3.05) is 11.1 Å². The summed E-state index contributed by atoms with van der Waals surface area (Å²) in [6.45, 7) is 11.1. The molecule has 0 saturated heterocycles. The Morgan fingerprint density at radius 2 is 1.88 bits per heavy atom. The number of nitrogen functional groups attached to an aromatic ring is 1. The van der Waals surface area contributed by atoms with E-state index in [4.69, 9.17) is 5.73 Å². The van der Waals surface area contributed by atoms with Crippen molar-refractivity contribution in [1.29, 1.82) is 0 Å². The highest BCUT2D eigenvalue weighted by Gasteiger charge is 2.25. The van der Waals surface area contributed by atoms with Crippen molar-refractivity contribution in [2.45, 2.75) is 46.6 Å². The maximum Gasteiger partial charge on any atom is 0.146 e. The fraction of sp³-hybridized carbons (Fsp3) is 0.615. The Bertz CT molecular complexity index is 350. The molecule has 90 valence electrons. The normalized spacial score (nSPS) is 12.6. The number of hydrogen-bond acceptors (Lipinski definition) is 3. The molecule has 3 N–H and O–H groups in total. The second-order valence-corrected chi connectivity index (χ2v) is 6.18. The van der Waals surface area contributed by atoms with Gasteiger partial charge in [0.05, 0.1) is 5.69 Å². The zero-order chi connectivity index (χ0) is 12.4. The second-order valence-electron chi connectivity index (χ2n) is 6.18. The van der Waals surface area contributed by atoms with E-state index in [1.54, 1.807) is 6.20 Å². The summed E-state index contributed by atoms with van der Waals surface area (Å²) in [4.78, 5) is 4.08. The summed E-state index contributed by atoms with van der Waals surface area (Å²) in [5.41, 5.74) is 7.03. The molecule has 1 aromatic rings. The summed E-state index contributed by atoms with van der Waals surface area (Å²) < 4.78 is 0. The van der Waals surface area contributed by atoms with E-state index in [9.17, 15) is 0 Å². The molecule has 16 heavy (non-hydrogen) atoms. The van der Waals surface area contributed by atoms with Crippen LogP contribution >= 0.6 is 0 Å². The van der Waals surface area contributed by atoms with Crippen molar-refractivity contribution >= 4 is 11.5 Å². The van der Waals surface area contributed by atoms with Crippen molar-refractivity contribution in [2.24, 2.45) is 5.41 Å². The third-order valence-electron chi connectivity index (χ3n) is 2.28. The maximum atomic E-state index is 5.82. The molecule has 0 aliphatic rings. The highest BCUT2D eigenvalue weighted by molar-refractivity contribution is 5.62. The molecule has 0 aromatic carbocycles. The molecule has 3 heteroatoms. The lowest BCUT2D eigenvalue weighted by Gasteiger charge is -2.34. The summed E-state index contributed by atoms with van der Waals surface area (Å²) in [7, 11) is 0. The molecule has 3 nitrogen and oxygen atoms in total. The van der Waals surface area contributed by atoms with E-state index in [1.807, 2.05) is 12.1 Å². The third kappa shape index (κ3) is 4.09. The largest absolute Gasteiger partial charge is 0.382 e. The first-order valence-corrected chi connectivity index (χ1v) is 5.68. The first kappa shape index (κ1) is 12.8. The Morgan fingerprint density at radius 1 is 1.25 bits per heavy atom. The molecule has 1 heterocycles. The van der Waals surface area contributed by atoms with Crippen molar-refractivity contribution in [1.82, 2.24) is 4.98 Å². The van der Waals surface area contributed by atoms with Crippen LogP contribution in [-0.2, 0) is 0 Å². The number of anilines is 2. The summed E-state index contributed by atoms with van der Waals surface area (Å²) in [6, 6.07) is 3.86. The molecule has 1 rings (SSSR count). The predicted molar refractivity (Wildman–Crippen MR) is 70.4 cm³/mol. The molecule has 0 bridgehead atoms. The quantitative estimate of drug-likeness (QED) is 0.823. The van der Waals surface area contributed by atoms with E-state index < -0.39 is 0 Å². The van der Waals surface area contributed by atoms with Gasteiger partial charge in [0.25, 0.3) is 0 Å². The summed E-state index contributed by atoms with van der Waals surface area (Å²) >= 11 is 0. The molecular formula is C13H23N3. The van der Waals surface area contributed by atoms with Gasteiger partial charge in [-0.3, -0.25) is 0 Å². The lowest BCUT2D eigenvalue weighted by atomic mass is 9.81. The average Bonchev–Trinajstić information content (AvgIpc) is 2.04. The molecule has 0 aliphatic carbocycles. The number of aromatic nitrogens is 1. The third-order valence-corrected chi connectivity index (χ3v) is 2.28. The van der Waals surface area contributed by atoms with Crippen LogP contribution in [0.15, 0.2) is 18.3 Å². The van der Waals surface area contributed by atoms with Crippen LogP contribution in [0.3, 0.4) is 0 Å². The Hall–Kier alpha value is -1.25. The zero-order valence-electron chi connectivity index (χ0n) is 11.0. The van der Waals surface area contributed by atoms with Crippen LogP contribution in [0.1, 0.15) is 41.0 Å². The van der Waals surface area contributed by atoms with Crippen LogP contribution in [0.5, 0.6) is 0 Å². The maximum absolute atomic E-state index is 5.82. The van der Waals surface area contributed by atoms with Gasteiger partial charge in [-0.25, -0.2) is 4.98 Å². The zero-order valence-corrected chi connectivity index (χ0v) is 11.0. The highest BCUT2D eigenvalue weighted by Crippen LogP contribution is 2.30. The lowest BCUT2D eigenvalue weighted by Crippen LogP contribution is -2.35. The van der Waals surface area contributed by atoms with Gasteiger partial charge in [-0.05, 0) is 37.8 Å². The van der Waals surface area contributed by atoms with Crippen LogP contribution in [0.2, 0.25) is 0 Å². The number of hydrogen-bond donors (Lipinski definition) is 2. The average molecular weight is 221 g/mol. The van der Waals surface area contributed by atoms with E-state index in [0.29, 0.717) is 5.82 Å². The van der Waals surface area contributed by atoms with Crippen molar-refractivity contribution in [3.63, 3.8) is 0 Å². The first-order chi connectivity index (χ1) is 7.20. The molecule has 0 spiro atoms. The van der Waals surface area contributed by atoms with Gasteiger partial charge in [-0.2, -0.15) is 0 Å². The Labute approximate surface area is 98.5 Å². The van der Waals surface area contributed by atoms with Crippen molar-refractivity contribution in [3.05, 3.63) is 18.3 Å².